The highest BCUT2D eigenvalue weighted by molar-refractivity contribution is 5.99. The first-order valence-electron chi connectivity index (χ1n) is 12.7. The quantitative estimate of drug-likeness (QED) is 0.191. The van der Waals surface area contributed by atoms with Gasteiger partial charge in [0, 0.05) is 23.0 Å². The zero-order valence-electron chi connectivity index (χ0n) is 22.5. The number of aliphatic hydroxyl groups excluding tert-OH is 1. The minimum Gasteiger partial charge on any atom is -0.491 e. The largest absolute Gasteiger partial charge is 0.491 e. The van der Waals surface area contributed by atoms with Gasteiger partial charge < -0.3 is 25.3 Å². The number of aromatic nitrogens is 1. The van der Waals surface area contributed by atoms with E-state index in [4.69, 9.17) is 4.74 Å². The van der Waals surface area contributed by atoms with Gasteiger partial charge in [-0.25, -0.2) is 4.79 Å². The summed E-state index contributed by atoms with van der Waals surface area (Å²) in [7, 11) is 0. The molecule has 1 atom stereocenters. The van der Waals surface area contributed by atoms with E-state index in [1.807, 2.05) is 56.3 Å². The van der Waals surface area contributed by atoms with E-state index >= 15 is 0 Å². The highest BCUT2D eigenvalue weighted by Crippen LogP contribution is 2.36. The maximum Gasteiger partial charge on any atom is 0.352 e. The van der Waals surface area contributed by atoms with Gasteiger partial charge in [-0.15, -0.1) is 12.4 Å². The molecule has 0 bridgehead atoms. The Hall–Kier alpha value is -3.32. The number of benzene rings is 3. The Morgan fingerprint density at radius 2 is 1.61 bits per heavy atom. The molecule has 0 aliphatic carbocycles. The first-order chi connectivity index (χ1) is 17.6. The molecule has 0 saturated heterocycles. The number of nitrogens with one attached hydrogen (secondary N) is 2. The molecule has 38 heavy (non-hydrogen) atoms. The van der Waals surface area contributed by atoms with Crippen molar-refractivity contribution in [3.63, 3.8) is 0 Å². The fraction of sp³-hybridized carbons (Fsp3) is 0.323. The van der Waals surface area contributed by atoms with Crippen LogP contribution in [0.25, 0.3) is 22.0 Å². The monoisotopic (exact) mass is 536 g/mol. The van der Waals surface area contributed by atoms with E-state index in [0.717, 1.165) is 33.3 Å². The predicted octanol–water partition coefficient (Wildman–Crippen LogP) is 6.71. The van der Waals surface area contributed by atoms with Crippen LogP contribution in [0.15, 0.2) is 66.7 Å². The van der Waals surface area contributed by atoms with Crippen LogP contribution in [-0.2, 0) is 5.41 Å². The third-order valence-corrected chi connectivity index (χ3v) is 6.47. The fourth-order valence-corrected chi connectivity index (χ4v) is 4.63. The van der Waals surface area contributed by atoms with E-state index in [0.29, 0.717) is 12.1 Å². The van der Waals surface area contributed by atoms with Gasteiger partial charge in [-0.3, -0.25) is 0 Å². The van der Waals surface area contributed by atoms with Crippen molar-refractivity contribution in [3.8, 4) is 16.9 Å². The summed E-state index contributed by atoms with van der Waals surface area (Å²) >= 11 is 0. The summed E-state index contributed by atoms with van der Waals surface area (Å²) in [5, 5.41) is 23.8. The van der Waals surface area contributed by atoms with Gasteiger partial charge in [0.15, 0.2) is 0 Å². The van der Waals surface area contributed by atoms with Gasteiger partial charge in [-0.1, -0.05) is 63.2 Å². The lowest BCUT2D eigenvalue weighted by molar-refractivity contribution is 0.0689. The lowest BCUT2D eigenvalue weighted by atomic mass is 9.86. The molecule has 0 aliphatic rings. The summed E-state index contributed by atoms with van der Waals surface area (Å²) in [4.78, 5) is 15.4. The SMILES string of the molecule is CC(C)Oc1ccc(C(NCCO)c2c(C(=O)O)[nH]c3ccc(-c4ccc(C(C)(C)C)cc4)cc23)cc1.Cl. The van der Waals surface area contributed by atoms with Crippen LogP contribution in [0.4, 0.5) is 0 Å². The number of aromatic amines is 1. The minimum absolute atomic E-state index is 0. The Kier molecular flexibility index (Phi) is 9.26. The molecule has 3 aromatic carbocycles. The molecule has 1 heterocycles. The Labute approximate surface area is 230 Å². The highest BCUT2D eigenvalue weighted by Gasteiger charge is 2.26. The van der Waals surface area contributed by atoms with Crippen molar-refractivity contribution in [2.24, 2.45) is 0 Å². The highest BCUT2D eigenvalue weighted by atomic mass is 35.5. The molecule has 0 spiro atoms. The van der Waals surface area contributed by atoms with E-state index < -0.39 is 12.0 Å². The number of hydrogen-bond acceptors (Lipinski definition) is 4. The van der Waals surface area contributed by atoms with Crippen LogP contribution in [0, 0.1) is 0 Å². The summed E-state index contributed by atoms with van der Waals surface area (Å²) in [6.45, 7) is 10.8. The summed E-state index contributed by atoms with van der Waals surface area (Å²) in [6.07, 6.45) is 0.0530. The van der Waals surface area contributed by atoms with Gasteiger partial charge in [0.25, 0.3) is 0 Å². The number of rotatable bonds is 9. The van der Waals surface area contributed by atoms with Gasteiger partial charge in [0.1, 0.15) is 11.4 Å². The fourth-order valence-electron chi connectivity index (χ4n) is 4.63. The van der Waals surface area contributed by atoms with Crippen molar-refractivity contribution in [2.75, 3.05) is 13.2 Å². The van der Waals surface area contributed by atoms with Crippen molar-refractivity contribution in [2.45, 2.75) is 52.2 Å². The number of aliphatic hydroxyl groups is 1. The van der Waals surface area contributed by atoms with Crippen molar-refractivity contribution in [1.82, 2.24) is 10.3 Å². The average molecular weight is 537 g/mol. The lowest BCUT2D eigenvalue weighted by Gasteiger charge is -2.21. The normalized spacial score (nSPS) is 12.4. The van der Waals surface area contributed by atoms with Crippen molar-refractivity contribution >= 4 is 29.3 Å². The topological polar surface area (TPSA) is 94.6 Å². The molecule has 0 radical (unpaired) electrons. The Balaban J connectivity index is 0.00000400. The summed E-state index contributed by atoms with van der Waals surface area (Å²) in [5.41, 5.74) is 5.79. The van der Waals surface area contributed by atoms with E-state index in [2.05, 4.69) is 55.3 Å². The smallest absolute Gasteiger partial charge is 0.352 e. The van der Waals surface area contributed by atoms with Crippen LogP contribution < -0.4 is 10.1 Å². The molecular weight excluding hydrogens is 500 g/mol. The lowest BCUT2D eigenvalue weighted by Crippen LogP contribution is -2.26. The zero-order valence-corrected chi connectivity index (χ0v) is 23.4. The Morgan fingerprint density at radius 3 is 2.16 bits per heavy atom. The molecule has 0 aliphatic heterocycles. The number of halogens is 1. The number of carbonyl (C=O) groups is 1. The first kappa shape index (κ1) is 29.2. The molecule has 1 unspecified atom stereocenters. The van der Waals surface area contributed by atoms with Gasteiger partial charge >= 0.3 is 5.97 Å². The number of hydrogen-bond donors (Lipinski definition) is 4. The zero-order chi connectivity index (χ0) is 26.7. The first-order valence-corrected chi connectivity index (χ1v) is 12.7. The second-order valence-electron chi connectivity index (χ2n) is 10.7. The van der Waals surface area contributed by atoms with Crippen LogP contribution >= 0.6 is 12.4 Å². The molecule has 0 saturated carbocycles. The van der Waals surface area contributed by atoms with Crippen LogP contribution in [-0.4, -0.2) is 40.4 Å². The average Bonchev–Trinajstić information content (AvgIpc) is 3.23. The van der Waals surface area contributed by atoms with Gasteiger partial charge in [-0.05, 0) is 65.8 Å². The predicted molar refractivity (Wildman–Crippen MR) is 156 cm³/mol. The standard InChI is InChI=1S/C31H36N2O4.ClH/c1-19(2)37-24-13-8-21(9-14-24)28(32-16-17-34)27-25-18-22(10-15-26(25)33-29(27)30(35)36)20-6-11-23(12-7-20)31(3,4)5;/h6-15,18-19,28,32-34H,16-17H2,1-5H3,(H,35,36);1H. The van der Waals surface area contributed by atoms with Crippen LogP contribution in [0.1, 0.15) is 67.8 Å². The second-order valence-corrected chi connectivity index (χ2v) is 10.7. The molecule has 202 valence electrons. The number of aromatic carboxylic acids is 1. The maximum atomic E-state index is 12.3. The number of carboxylic acids is 1. The van der Waals surface area contributed by atoms with Crippen molar-refractivity contribution in [3.05, 3.63) is 89.1 Å². The number of fused-ring (bicyclic) bond motifs is 1. The number of H-pyrrole nitrogens is 1. The molecule has 1 aromatic heterocycles. The molecular formula is C31H37ClN2O4. The molecule has 4 aromatic rings. The van der Waals surface area contributed by atoms with Gasteiger partial charge in [0.05, 0.1) is 18.8 Å². The van der Waals surface area contributed by atoms with Crippen LogP contribution in [0.5, 0.6) is 5.75 Å². The number of ether oxygens (including phenoxy) is 1. The van der Waals surface area contributed by atoms with Crippen molar-refractivity contribution in [1.29, 1.82) is 0 Å². The van der Waals surface area contributed by atoms with Gasteiger partial charge in [0.2, 0.25) is 0 Å². The third-order valence-electron chi connectivity index (χ3n) is 6.47. The molecule has 4 N–H and O–H groups in total. The molecule has 7 heteroatoms. The molecule has 0 amide bonds. The molecule has 6 nitrogen and oxygen atoms in total. The minimum atomic E-state index is -1.03. The second kappa shape index (κ2) is 12.0. The summed E-state index contributed by atoms with van der Waals surface area (Å²) in [5.74, 6) is -0.282. The van der Waals surface area contributed by atoms with Crippen LogP contribution in [0.2, 0.25) is 0 Å². The van der Waals surface area contributed by atoms with Crippen molar-refractivity contribution < 1.29 is 19.7 Å². The van der Waals surface area contributed by atoms with E-state index in [1.165, 1.54) is 5.56 Å². The van der Waals surface area contributed by atoms with E-state index in [-0.39, 0.29) is 36.2 Å². The van der Waals surface area contributed by atoms with E-state index in [1.54, 1.807) is 0 Å². The van der Waals surface area contributed by atoms with Gasteiger partial charge in [-0.2, -0.15) is 0 Å². The Bertz CT molecular complexity index is 1370. The molecule has 0 fully saturated rings. The summed E-state index contributed by atoms with van der Waals surface area (Å²) in [6, 6.07) is 21.7. The molecule has 4 rings (SSSR count). The number of carboxylic acid groups (broad SMARTS) is 1. The maximum absolute atomic E-state index is 12.3. The Morgan fingerprint density at radius 1 is 0.974 bits per heavy atom. The third kappa shape index (κ3) is 6.38. The van der Waals surface area contributed by atoms with E-state index in [9.17, 15) is 15.0 Å². The van der Waals surface area contributed by atoms with Crippen LogP contribution in [0.3, 0.4) is 0 Å². The summed E-state index contributed by atoms with van der Waals surface area (Å²) < 4.78 is 5.79.